The van der Waals surface area contributed by atoms with Crippen molar-refractivity contribution in [3.05, 3.63) is 18.2 Å². The zero-order valence-electron chi connectivity index (χ0n) is 6.36. The van der Waals surface area contributed by atoms with Crippen molar-refractivity contribution in [1.82, 2.24) is 8.75 Å². The van der Waals surface area contributed by atoms with Gasteiger partial charge in [0.15, 0.2) is 0 Å². The van der Waals surface area contributed by atoms with Crippen LogP contribution in [0.3, 0.4) is 0 Å². The Balaban J connectivity index is 2.76. The van der Waals surface area contributed by atoms with Gasteiger partial charge in [0.05, 0.1) is 11.7 Å². The maximum Gasteiger partial charge on any atom is 0.104 e. The molecule has 1 aromatic heterocycles. The van der Waals surface area contributed by atoms with Crippen molar-refractivity contribution in [2.45, 2.75) is 4.90 Å². The van der Waals surface area contributed by atoms with Gasteiger partial charge in [0.1, 0.15) is 11.0 Å². The minimum Gasteiger partial charge on any atom is -0.457 e. The molecular formula is C8H7N2S2-. The van der Waals surface area contributed by atoms with Crippen LogP contribution in [0.5, 0.6) is 0 Å². The van der Waals surface area contributed by atoms with Crippen LogP contribution in [0.25, 0.3) is 11.0 Å². The minimum atomic E-state index is -0.182. The molecule has 0 saturated carbocycles. The lowest BCUT2D eigenvalue weighted by molar-refractivity contribution is 1.48. The van der Waals surface area contributed by atoms with Crippen molar-refractivity contribution >= 4 is 44.6 Å². The Morgan fingerprint density at radius 3 is 2.67 bits per heavy atom. The van der Waals surface area contributed by atoms with E-state index in [2.05, 4.69) is 20.5 Å². The van der Waals surface area contributed by atoms with Crippen LogP contribution in [0.15, 0.2) is 23.1 Å². The van der Waals surface area contributed by atoms with Gasteiger partial charge in [-0.2, -0.15) is 8.75 Å². The monoisotopic (exact) mass is 195 g/mol. The average Bonchev–Trinajstić information content (AvgIpc) is 2.49. The molecule has 0 N–H and O–H groups in total. The standard InChI is InChI=1S/C8H7N2S2/c1-12(2)6-3-4-7-8(5-6)10-11-9-7/h3-5H,1-2H2/q-1. The van der Waals surface area contributed by atoms with Gasteiger partial charge in [0.25, 0.3) is 0 Å². The van der Waals surface area contributed by atoms with Gasteiger partial charge < -0.3 is 10.1 Å². The SMILES string of the molecule is C=[S-](=C)c1ccc2nsnc2c1. The molecule has 2 rings (SSSR count). The van der Waals surface area contributed by atoms with Crippen molar-refractivity contribution in [2.75, 3.05) is 0 Å². The molecule has 0 saturated heterocycles. The number of hydrogen-bond donors (Lipinski definition) is 0. The molecule has 4 heteroatoms. The molecule has 0 aliphatic rings. The number of fused-ring (bicyclic) bond motifs is 1. The Bertz CT molecular complexity index is 475. The van der Waals surface area contributed by atoms with Gasteiger partial charge in [-0.05, 0) is 6.07 Å². The Morgan fingerprint density at radius 2 is 1.92 bits per heavy atom. The first-order valence-corrected chi connectivity index (χ1v) is 5.63. The van der Waals surface area contributed by atoms with E-state index in [9.17, 15) is 0 Å². The molecule has 62 valence electrons. The van der Waals surface area contributed by atoms with E-state index in [1.54, 1.807) is 0 Å². The fraction of sp³-hybridized carbons (Fsp3) is 0. The van der Waals surface area contributed by atoms with Crippen LogP contribution in [0.4, 0.5) is 0 Å². The molecule has 0 unspecified atom stereocenters. The zero-order chi connectivity index (χ0) is 8.55. The van der Waals surface area contributed by atoms with Gasteiger partial charge in [-0.15, -0.1) is 4.90 Å². The van der Waals surface area contributed by atoms with Crippen LogP contribution < -0.4 is 0 Å². The van der Waals surface area contributed by atoms with Gasteiger partial charge >= 0.3 is 0 Å². The van der Waals surface area contributed by atoms with E-state index in [1.165, 1.54) is 11.7 Å². The van der Waals surface area contributed by atoms with E-state index in [0.717, 1.165) is 15.9 Å². The molecule has 1 heterocycles. The van der Waals surface area contributed by atoms with Gasteiger partial charge in [0, 0.05) is 0 Å². The molecule has 0 aliphatic carbocycles. The molecule has 0 aliphatic heterocycles. The zero-order valence-corrected chi connectivity index (χ0v) is 7.99. The van der Waals surface area contributed by atoms with Crippen LogP contribution in [0.1, 0.15) is 0 Å². The number of aromatic nitrogens is 2. The van der Waals surface area contributed by atoms with Crippen LogP contribution >= 0.6 is 11.7 Å². The molecule has 12 heavy (non-hydrogen) atoms. The largest absolute Gasteiger partial charge is 0.457 e. The summed E-state index contributed by atoms with van der Waals surface area (Å²) in [7, 11) is -0.182. The summed E-state index contributed by atoms with van der Waals surface area (Å²) in [5.41, 5.74) is 1.90. The molecule has 2 aromatic rings. The normalized spacial score (nSPS) is 11.1. The lowest BCUT2D eigenvalue weighted by atomic mass is 10.3. The highest BCUT2D eigenvalue weighted by Crippen LogP contribution is 2.13. The van der Waals surface area contributed by atoms with E-state index in [-0.39, 0.29) is 10.1 Å². The smallest absolute Gasteiger partial charge is 0.104 e. The average molecular weight is 195 g/mol. The van der Waals surface area contributed by atoms with E-state index < -0.39 is 0 Å². The summed E-state index contributed by atoms with van der Waals surface area (Å²) in [5, 5.41) is 0. The van der Waals surface area contributed by atoms with Crippen molar-refractivity contribution in [2.24, 2.45) is 0 Å². The predicted octanol–water partition coefficient (Wildman–Crippen LogP) is 1.53. The number of hydrogen-bond acceptors (Lipinski definition) is 4. The highest BCUT2D eigenvalue weighted by Gasteiger charge is 1.94. The lowest BCUT2D eigenvalue weighted by Crippen LogP contribution is -1.78. The van der Waals surface area contributed by atoms with Crippen molar-refractivity contribution in [1.29, 1.82) is 0 Å². The van der Waals surface area contributed by atoms with Crippen molar-refractivity contribution in [3.63, 3.8) is 0 Å². The molecular weight excluding hydrogens is 188 g/mol. The van der Waals surface area contributed by atoms with E-state index in [0.29, 0.717) is 0 Å². The van der Waals surface area contributed by atoms with Crippen LogP contribution in [-0.2, 0) is 10.1 Å². The Hall–Kier alpha value is -0.870. The van der Waals surface area contributed by atoms with E-state index in [4.69, 9.17) is 0 Å². The Morgan fingerprint density at radius 1 is 1.17 bits per heavy atom. The first-order chi connectivity index (χ1) is 5.77. The molecule has 2 nitrogen and oxygen atoms in total. The van der Waals surface area contributed by atoms with Crippen LogP contribution in [0, 0.1) is 0 Å². The summed E-state index contributed by atoms with van der Waals surface area (Å²) < 4.78 is 8.25. The third kappa shape index (κ3) is 1.23. The van der Waals surface area contributed by atoms with Gasteiger partial charge in [0.2, 0.25) is 0 Å². The Labute approximate surface area is 76.7 Å². The molecule has 0 atom stereocenters. The Kier molecular flexibility index (Phi) is 1.86. The van der Waals surface area contributed by atoms with Crippen LogP contribution in [0.2, 0.25) is 0 Å². The number of nitrogens with zero attached hydrogens (tertiary/aromatic N) is 2. The topological polar surface area (TPSA) is 25.8 Å². The molecule has 0 spiro atoms. The van der Waals surface area contributed by atoms with Gasteiger partial charge in [-0.3, -0.25) is 0 Å². The molecule has 0 fully saturated rings. The molecule has 0 bridgehead atoms. The first kappa shape index (κ1) is 7.76. The number of rotatable bonds is 1. The summed E-state index contributed by atoms with van der Waals surface area (Å²) in [6.45, 7) is 0. The highest BCUT2D eigenvalue weighted by atomic mass is 32.2. The molecule has 1 aromatic carbocycles. The summed E-state index contributed by atoms with van der Waals surface area (Å²) in [6.07, 6.45) is 0. The molecule has 0 amide bonds. The minimum absolute atomic E-state index is 0.182. The number of benzene rings is 1. The lowest BCUT2D eigenvalue weighted by Gasteiger charge is -2.05. The summed E-state index contributed by atoms with van der Waals surface area (Å²) in [4.78, 5) is 1.13. The van der Waals surface area contributed by atoms with Crippen molar-refractivity contribution < 1.29 is 0 Å². The van der Waals surface area contributed by atoms with E-state index in [1.807, 2.05) is 18.2 Å². The third-order valence-corrected chi connectivity index (χ3v) is 3.04. The third-order valence-electron chi connectivity index (χ3n) is 1.56. The predicted molar refractivity (Wildman–Crippen MR) is 57.3 cm³/mol. The second-order valence-corrected chi connectivity index (χ2v) is 4.39. The maximum absolute atomic E-state index is 4.14. The van der Waals surface area contributed by atoms with Gasteiger partial charge in [-0.1, -0.05) is 12.1 Å². The first-order valence-electron chi connectivity index (χ1n) is 3.33. The summed E-state index contributed by atoms with van der Waals surface area (Å²) in [6, 6.07) is 5.97. The quantitative estimate of drug-likeness (QED) is 0.509. The van der Waals surface area contributed by atoms with Crippen LogP contribution in [-0.4, -0.2) is 20.5 Å². The summed E-state index contributed by atoms with van der Waals surface area (Å²) >= 11 is 1.24. The molecule has 0 radical (unpaired) electrons. The van der Waals surface area contributed by atoms with E-state index >= 15 is 0 Å². The second-order valence-electron chi connectivity index (χ2n) is 2.41. The maximum atomic E-state index is 4.14. The fourth-order valence-corrected chi connectivity index (χ4v) is 2.00. The summed E-state index contributed by atoms with van der Waals surface area (Å²) in [5.74, 6) is 7.74. The fourth-order valence-electron chi connectivity index (χ4n) is 0.941. The second kappa shape index (κ2) is 2.88. The van der Waals surface area contributed by atoms with Crippen molar-refractivity contribution in [3.8, 4) is 0 Å². The highest BCUT2D eigenvalue weighted by molar-refractivity contribution is 7.91. The van der Waals surface area contributed by atoms with Gasteiger partial charge in [-0.25, -0.2) is 11.7 Å².